The molecule has 40 heavy (non-hydrogen) atoms. The molecule has 2 saturated heterocycles. The molecule has 0 saturated carbocycles. The van der Waals surface area contributed by atoms with Crippen molar-refractivity contribution in [2.45, 2.75) is 39.3 Å². The highest BCUT2D eigenvalue weighted by Gasteiger charge is 2.27. The van der Waals surface area contributed by atoms with Crippen LogP contribution in [0.25, 0.3) is 0 Å². The van der Waals surface area contributed by atoms with Gasteiger partial charge in [-0.1, -0.05) is 0 Å². The second-order valence-corrected chi connectivity index (χ2v) is 10.6. The lowest BCUT2D eigenvalue weighted by atomic mass is 10.0. The number of aryl methyl sites for hydroxylation is 2. The molecule has 0 unspecified atom stereocenters. The molecule has 5 rings (SSSR count). The zero-order chi connectivity index (χ0) is 28.2. The summed E-state index contributed by atoms with van der Waals surface area (Å²) in [6.07, 6.45) is 7.02. The predicted octanol–water partition coefficient (Wildman–Crippen LogP) is 4.31. The van der Waals surface area contributed by atoms with Crippen LogP contribution in [0.3, 0.4) is 0 Å². The van der Waals surface area contributed by atoms with Crippen LogP contribution in [-0.2, 0) is 6.61 Å². The average Bonchev–Trinajstić information content (AvgIpc) is 2.96. The van der Waals surface area contributed by atoms with Gasteiger partial charge in [-0.3, -0.25) is 4.90 Å². The molecule has 2 aliphatic rings. The smallest absolute Gasteiger partial charge is 0.227 e. The van der Waals surface area contributed by atoms with E-state index in [0.29, 0.717) is 12.0 Å². The standard InChI is InChI=1S/C29H37F2N7O2/c1-19-14-25(39-4)27(31)24(26(19)30)18-40-23-16-33-29(34-17-23)35-21-13-20(2)28(32-15-21)38-7-5-22(6-8-38)37-11-9-36(3)10-12-37/h13-17,22H,5-12,18H2,1-4H3,(H,33,34,35). The number of hydrogen-bond donors (Lipinski definition) is 1. The number of methoxy groups -OCH3 is 1. The number of pyridine rings is 1. The van der Waals surface area contributed by atoms with Gasteiger partial charge in [0.2, 0.25) is 5.95 Å². The van der Waals surface area contributed by atoms with E-state index in [2.05, 4.69) is 44.0 Å². The molecule has 1 aromatic carbocycles. The van der Waals surface area contributed by atoms with Gasteiger partial charge in [-0.05, 0) is 57.0 Å². The van der Waals surface area contributed by atoms with Crippen molar-refractivity contribution in [2.75, 3.05) is 63.6 Å². The van der Waals surface area contributed by atoms with E-state index in [1.165, 1.54) is 25.6 Å². The fraction of sp³-hybridized carbons (Fsp3) is 0.483. The number of hydrogen-bond acceptors (Lipinski definition) is 9. The summed E-state index contributed by atoms with van der Waals surface area (Å²) in [7, 11) is 3.53. The fourth-order valence-corrected chi connectivity index (χ4v) is 5.42. The zero-order valence-electron chi connectivity index (χ0n) is 23.6. The Hall–Kier alpha value is -3.57. The van der Waals surface area contributed by atoms with Gasteiger partial charge in [0, 0.05) is 45.3 Å². The van der Waals surface area contributed by atoms with E-state index < -0.39 is 11.6 Å². The van der Waals surface area contributed by atoms with Gasteiger partial charge >= 0.3 is 0 Å². The predicted molar refractivity (Wildman–Crippen MR) is 151 cm³/mol. The first-order valence-electron chi connectivity index (χ1n) is 13.7. The molecule has 0 amide bonds. The SMILES string of the molecule is COc1cc(C)c(F)c(COc2cnc(Nc3cnc(N4CCC(N5CCN(C)CC5)CC4)c(C)c3)nc2)c1F. The summed E-state index contributed by atoms with van der Waals surface area (Å²) in [5.41, 5.74) is 1.93. The molecular formula is C29H37F2N7O2. The van der Waals surface area contributed by atoms with E-state index in [-0.39, 0.29) is 29.2 Å². The Bertz CT molecular complexity index is 1310. The summed E-state index contributed by atoms with van der Waals surface area (Å²) in [4.78, 5) is 20.7. The van der Waals surface area contributed by atoms with Gasteiger partial charge in [0.25, 0.3) is 0 Å². The molecule has 11 heteroatoms. The van der Waals surface area contributed by atoms with Crippen LogP contribution in [0.2, 0.25) is 0 Å². The van der Waals surface area contributed by atoms with Crippen molar-refractivity contribution in [3.63, 3.8) is 0 Å². The first-order chi connectivity index (χ1) is 19.3. The van der Waals surface area contributed by atoms with E-state index in [4.69, 9.17) is 14.5 Å². The number of rotatable bonds is 8. The Balaban J connectivity index is 1.15. The van der Waals surface area contributed by atoms with Crippen LogP contribution in [0.5, 0.6) is 11.5 Å². The monoisotopic (exact) mass is 553 g/mol. The molecule has 3 aromatic rings. The summed E-state index contributed by atoms with van der Waals surface area (Å²) >= 11 is 0. The second-order valence-electron chi connectivity index (χ2n) is 10.6. The summed E-state index contributed by atoms with van der Waals surface area (Å²) < 4.78 is 39.5. The molecule has 0 bridgehead atoms. The third kappa shape index (κ3) is 6.26. The lowest BCUT2D eigenvalue weighted by Gasteiger charge is -2.42. The molecule has 0 aliphatic carbocycles. The number of nitrogens with zero attached hydrogens (tertiary/aromatic N) is 6. The maximum atomic E-state index is 14.5. The van der Waals surface area contributed by atoms with Gasteiger partial charge in [-0.2, -0.15) is 0 Å². The van der Waals surface area contributed by atoms with Crippen LogP contribution in [0.1, 0.15) is 29.5 Å². The Kier molecular flexibility index (Phi) is 8.60. The number of aromatic nitrogens is 3. The normalized spacial score (nSPS) is 17.2. The Morgan fingerprint density at radius 1 is 0.900 bits per heavy atom. The number of ether oxygens (including phenoxy) is 2. The summed E-state index contributed by atoms with van der Waals surface area (Å²) in [5.74, 6) is 0.190. The third-order valence-electron chi connectivity index (χ3n) is 7.80. The maximum absolute atomic E-state index is 14.5. The molecule has 9 nitrogen and oxygen atoms in total. The molecular weight excluding hydrogens is 516 g/mol. The van der Waals surface area contributed by atoms with Crippen molar-refractivity contribution in [3.05, 3.63) is 59.0 Å². The van der Waals surface area contributed by atoms with Crippen molar-refractivity contribution in [1.82, 2.24) is 24.8 Å². The number of likely N-dealkylation sites (N-methyl/N-ethyl adjacent to an activating group) is 1. The topological polar surface area (TPSA) is 78.9 Å². The fourth-order valence-electron chi connectivity index (χ4n) is 5.42. The van der Waals surface area contributed by atoms with Crippen LogP contribution in [0.15, 0.2) is 30.7 Å². The number of anilines is 3. The molecule has 1 N–H and O–H groups in total. The summed E-state index contributed by atoms with van der Waals surface area (Å²) in [5, 5.41) is 3.16. The molecule has 0 spiro atoms. The molecule has 214 valence electrons. The van der Waals surface area contributed by atoms with E-state index in [9.17, 15) is 8.78 Å². The highest BCUT2D eigenvalue weighted by atomic mass is 19.1. The number of piperazine rings is 1. The van der Waals surface area contributed by atoms with Crippen molar-refractivity contribution < 1.29 is 18.3 Å². The van der Waals surface area contributed by atoms with Crippen LogP contribution >= 0.6 is 0 Å². The number of nitrogens with one attached hydrogen (secondary N) is 1. The van der Waals surface area contributed by atoms with Gasteiger partial charge < -0.3 is 24.6 Å². The van der Waals surface area contributed by atoms with Gasteiger partial charge in [0.05, 0.1) is 37.0 Å². The van der Waals surface area contributed by atoms with Crippen LogP contribution < -0.4 is 19.7 Å². The Morgan fingerprint density at radius 2 is 1.60 bits per heavy atom. The van der Waals surface area contributed by atoms with Gasteiger partial charge in [-0.15, -0.1) is 0 Å². The Labute approximate surface area is 234 Å². The molecule has 2 aliphatic heterocycles. The number of halogens is 2. The molecule has 2 aromatic heterocycles. The highest BCUT2D eigenvalue weighted by Crippen LogP contribution is 2.28. The van der Waals surface area contributed by atoms with Crippen molar-refractivity contribution >= 4 is 17.5 Å². The minimum atomic E-state index is -0.782. The van der Waals surface area contributed by atoms with Crippen molar-refractivity contribution in [2.24, 2.45) is 0 Å². The second kappa shape index (κ2) is 12.3. The minimum Gasteiger partial charge on any atom is -0.494 e. The number of benzene rings is 1. The first-order valence-corrected chi connectivity index (χ1v) is 13.7. The zero-order valence-corrected chi connectivity index (χ0v) is 23.6. The van der Waals surface area contributed by atoms with Crippen LogP contribution in [-0.4, -0.2) is 84.2 Å². The van der Waals surface area contributed by atoms with Gasteiger partial charge in [-0.25, -0.2) is 23.7 Å². The quantitative estimate of drug-likeness (QED) is 0.439. The van der Waals surface area contributed by atoms with Crippen LogP contribution in [0.4, 0.5) is 26.2 Å². The van der Waals surface area contributed by atoms with Gasteiger partial charge in [0.15, 0.2) is 17.3 Å². The summed E-state index contributed by atoms with van der Waals surface area (Å²) in [6, 6.07) is 4.02. The lowest BCUT2D eigenvalue weighted by molar-refractivity contribution is 0.0981. The Morgan fingerprint density at radius 3 is 2.25 bits per heavy atom. The molecule has 0 radical (unpaired) electrons. The number of piperidine rings is 1. The van der Waals surface area contributed by atoms with Crippen LogP contribution in [0, 0.1) is 25.5 Å². The van der Waals surface area contributed by atoms with Gasteiger partial charge in [0.1, 0.15) is 18.2 Å². The van der Waals surface area contributed by atoms with E-state index in [1.54, 1.807) is 13.1 Å². The molecule has 2 fully saturated rings. The summed E-state index contributed by atoms with van der Waals surface area (Å²) in [6.45, 7) is 9.93. The largest absolute Gasteiger partial charge is 0.494 e. The van der Waals surface area contributed by atoms with Crippen molar-refractivity contribution in [3.8, 4) is 11.5 Å². The maximum Gasteiger partial charge on any atom is 0.227 e. The van der Waals surface area contributed by atoms with E-state index in [0.717, 1.165) is 69.2 Å². The third-order valence-corrected chi connectivity index (χ3v) is 7.80. The minimum absolute atomic E-state index is 0.0293. The van der Waals surface area contributed by atoms with E-state index in [1.807, 2.05) is 6.07 Å². The first kappa shape index (κ1) is 28.0. The molecule has 4 heterocycles. The van der Waals surface area contributed by atoms with E-state index >= 15 is 0 Å². The highest BCUT2D eigenvalue weighted by molar-refractivity contribution is 5.59. The average molecular weight is 554 g/mol. The van der Waals surface area contributed by atoms with Crippen molar-refractivity contribution in [1.29, 1.82) is 0 Å². The lowest BCUT2D eigenvalue weighted by Crippen LogP contribution is -2.52. The molecule has 0 atom stereocenters.